The molecule has 0 aliphatic rings. The zero-order valence-electron chi connectivity index (χ0n) is 7.34. The van der Waals surface area contributed by atoms with Crippen LogP contribution in [-0.2, 0) is 0 Å². The predicted octanol–water partition coefficient (Wildman–Crippen LogP) is 2.36. The molecule has 0 bridgehead atoms. The second kappa shape index (κ2) is 3.68. The number of benzene rings is 1. The van der Waals surface area contributed by atoms with Crippen molar-refractivity contribution in [3.05, 3.63) is 48.2 Å². The lowest BCUT2D eigenvalue weighted by Gasteiger charge is -2.01. The molecule has 0 atom stereocenters. The van der Waals surface area contributed by atoms with E-state index in [0.717, 1.165) is 18.3 Å². The first-order chi connectivity index (χ1) is 7.16. The van der Waals surface area contributed by atoms with Crippen molar-refractivity contribution >= 4 is 0 Å². The molecule has 0 N–H and O–H groups in total. The fourth-order valence-electron chi connectivity index (χ4n) is 1.11. The maximum atomic E-state index is 13.2. The summed E-state index contributed by atoms with van der Waals surface area (Å²) < 4.78 is 38.4. The summed E-state index contributed by atoms with van der Waals surface area (Å²) in [6.45, 7) is 0. The van der Waals surface area contributed by atoms with Gasteiger partial charge >= 0.3 is 0 Å². The van der Waals surface area contributed by atoms with E-state index in [0.29, 0.717) is 0 Å². The molecule has 1 aromatic carbocycles. The van der Waals surface area contributed by atoms with Gasteiger partial charge < -0.3 is 0 Å². The normalized spacial score (nSPS) is 10.3. The molecule has 1 aromatic heterocycles. The number of aromatic nitrogens is 2. The molecular weight excluding hydrogens is 205 g/mol. The largest absolute Gasteiger partial charge is 0.258 e. The average Bonchev–Trinajstić information content (AvgIpc) is 2.17. The minimum absolute atomic E-state index is 0.00347. The zero-order valence-corrected chi connectivity index (χ0v) is 7.34. The molecular formula is C10H4F3N2. The quantitative estimate of drug-likeness (QED) is 0.720. The highest BCUT2D eigenvalue weighted by Gasteiger charge is 2.08. The second-order valence-electron chi connectivity index (χ2n) is 2.76. The molecule has 0 saturated heterocycles. The van der Waals surface area contributed by atoms with E-state index in [4.69, 9.17) is 0 Å². The Morgan fingerprint density at radius 1 is 1.07 bits per heavy atom. The van der Waals surface area contributed by atoms with Crippen LogP contribution in [0.5, 0.6) is 0 Å². The topological polar surface area (TPSA) is 25.8 Å². The molecule has 1 radical (unpaired) electrons. The van der Waals surface area contributed by atoms with E-state index in [9.17, 15) is 13.2 Å². The zero-order chi connectivity index (χ0) is 10.8. The molecule has 0 amide bonds. The van der Waals surface area contributed by atoms with Crippen LogP contribution in [-0.4, -0.2) is 9.97 Å². The highest BCUT2D eigenvalue weighted by molar-refractivity contribution is 5.58. The molecule has 5 heteroatoms. The molecule has 75 valence electrons. The van der Waals surface area contributed by atoms with E-state index in [-0.39, 0.29) is 11.3 Å². The van der Waals surface area contributed by atoms with E-state index >= 15 is 0 Å². The fraction of sp³-hybridized carbons (Fsp3) is 0. The van der Waals surface area contributed by atoms with E-state index in [1.54, 1.807) is 0 Å². The van der Waals surface area contributed by atoms with Crippen molar-refractivity contribution in [2.75, 3.05) is 0 Å². The molecule has 2 nitrogen and oxygen atoms in total. The Morgan fingerprint density at radius 3 is 2.53 bits per heavy atom. The average molecular weight is 209 g/mol. The molecule has 0 unspecified atom stereocenters. The van der Waals surface area contributed by atoms with Crippen LogP contribution < -0.4 is 0 Å². The van der Waals surface area contributed by atoms with Crippen LogP contribution in [0.15, 0.2) is 24.5 Å². The Bertz CT molecular complexity index is 500. The van der Waals surface area contributed by atoms with Crippen molar-refractivity contribution in [3.63, 3.8) is 0 Å². The number of nitrogens with zero attached hydrogens (tertiary/aromatic N) is 2. The monoisotopic (exact) mass is 209 g/mol. The van der Waals surface area contributed by atoms with Crippen LogP contribution >= 0.6 is 0 Å². The number of rotatable bonds is 1. The summed E-state index contributed by atoms with van der Waals surface area (Å²) in [5.74, 6) is -2.56. The van der Waals surface area contributed by atoms with Crippen molar-refractivity contribution in [1.29, 1.82) is 0 Å². The molecule has 0 aliphatic carbocycles. The third kappa shape index (κ3) is 1.96. The van der Waals surface area contributed by atoms with E-state index < -0.39 is 17.6 Å². The smallest absolute Gasteiger partial charge is 0.231 e. The summed E-state index contributed by atoms with van der Waals surface area (Å²) in [6.07, 6.45) is 2.09. The molecule has 0 spiro atoms. The summed E-state index contributed by atoms with van der Waals surface area (Å²) in [5, 5.41) is 0. The summed E-state index contributed by atoms with van der Waals surface area (Å²) in [7, 11) is 0. The third-order valence-corrected chi connectivity index (χ3v) is 1.74. The third-order valence-electron chi connectivity index (χ3n) is 1.74. The van der Waals surface area contributed by atoms with Gasteiger partial charge in [-0.25, -0.2) is 13.8 Å². The molecule has 2 rings (SSSR count). The van der Waals surface area contributed by atoms with Crippen LogP contribution in [0.3, 0.4) is 0 Å². The van der Waals surface area contributed by atoms with Gasteiger partial charge in [-0.05, 0) is 12.1 Å². The highest BCUT2D eigenvalue weighted by Crippen LogP contribution is 2.20. The molecule has 0 fully saturated rings. The van der Waals surface area contributed by atoms with Gasteiger partial charge in [-0.3, -0.25) is 4.98 Å². The Balaban J connectivity index is 2.54. The van der Waals surface area contributed by atoms with Gasteiger partial charge in [0.25, 0.3) is 0 Å². The van der Waals surface area contributed by atoms with Gasteiger partial charge in [0.15, 0.2) is 0 Å². The summed E-state index contributed by atoms with van der Waals surface area (Å²) in [6, 6.07) is 4.01. The van der Waals surface area contributed by atoms with Gasteiger partial charge in [0.1, 0.15) is 11.6 Å². The van der Waals surface area contributed by atoms with Crippen molar-refractivity contribution in [3.8, 4) is 11.3 Å². The maximum Gasteiger partial charge on any atom is 0.231 e. The van der Waals surface area contributed by atoms with Crippen LogP contribution in [0.2, 0.25) is 0 Å². The van der Waals surface area contributed by atoms with Crippen molar-refractivity contribution in [2.24, 2.45) is 0 Å². The van der Waals surface area contributed by atoms with Gasteiger partial charge in [-0.15, -0.1) is 0 Å². The SMILES string of the molecule is Fc1[c]c(F)c(-c2cncc(F)n2)cc1. The number of hydrogen-bond donors (Lipinski definition) is 0. The lowest BCUT2D eigenvalue weighted by molar-refractivity contribution is 0.572. The van der Waals surface area contributed by atoms with E-state index in [1.807, 2.05) is 6.07 Å². The van der Waals surface area contributed by atoms with Crippen LogP contribution in [0.4, 0.5) is 13.2 Å². The fourth-order valence-corrected chi connectivity index (χ4v) is 1.11. The standard InChI is InChI=1S/C10H4F3N2/c11-6-1-2-7(8(12)3-6)9-4-14-5-10(13)15-9/h1-2,4-5H. The van der Waals surface area contributed by atoms with Crippen LogP contribution in [0.25, 0.3) is 11.3 Å². The van der Waals surface area contributed by atoms with Crippen molar-refractivity contribution in [2.45, 2.75) is 0 Å². The molecule has 2 aromatic rings. The molecule has 1 heterocycles. The minimum Gasteiger partial charge on any atom is -0.258 e. The predicted molar refractivity (Wildman–Crippen MR) is 46.2 cm³/mol. The first-order valence-corrected chi connectivity index (χ1v) is 4.02. The van der Waals surface area contributed by atoms with E-state index in [1.165, 1.54) is 6.20 Å². The van der Waals surface area contributed by atoms with Gasteiger partial charge in [-0.2, -0.15) is 4.39 Å². The van der Waals surface area contributed by atoms with Crippen molar-refractivity contribution in [1.82, 2.24) is 9.97 Å². The first kappa shape index (κ1) is 9.64. The minimum atomic E-state index is -0.921. The van der Waals surface area contributed by atoms with E-state index in [2.05, 4.69) is 9.97 Å². The second-order valence-corrected chi connectivity index (χ2v) is 2.76. The van der Waals surface area contributed by atoms with Crippen molar-refractivity contribution < 1.29 is 13.2 Å². The number of hydrogen-bond acceptors (Lipinski definition) is 2. The summed E-state index contributed by atoms with van der Waals surface area (Å²) in [5.41, 5.74) is -0.0350. The first-order valence-electron chi connectivity index (χ1n) is 4.02. The lowest BCUT2D eigenvalue weighted by atomic mass is 10.1. The van der Waals surface area contributed by atoms with Crippen LogP contribution in [0, 0.1) is 23.6 Å². The molecule has 0 aliphatic heterocycles. The summed E-state index contributed by atoms with van der Waals surface area (Å²) >= 11 is 0. The highest BCUT2D eigenvalue weighted by atomic mass is 19.1. The van der Waals surface area contributed by atoms with Gasteiger partial charge in [0, 0.05) is 5.56 Å². The Hall–Kier alpha value is -1.91. The lowest BCUT2D eigenvalue weighted by Crippen LogP contribution is -1.93. The van der Waals surface area contributed by atoms with Crippen LogP contribution in [0.1, 0.15) is 0 Å². The Kier molecular flexibility index (Phi) is 2.37. The Labute approximate surface area is 83.4 Å². The molecule has 0 saturated carbocycles. The maximum absolute atomic E-state index is 13.2. The number of halogens is 3. The van der Waals surface area contributed by atoms with Gasteiger partial charge in [0.05, 0.1) is 24.2 Å². The summed E-state index contributed by atoms with van der Waals surface area (Å²) in [4.78, 5) is 6.93. The molecule has 15 heavy (non-hydrogen) atoms. The van der Waals surface area contributed by atoms with Gasteiger partial charge in [0.2, 0.25) is 5.95 Å². The van der Waals surface area contributed by atoms with Gasteiger partial charge in [-0.1, -0.05) is 0 Å². The Morgan fingerprint density at radius 2 is 1.87 bits per heavy atom.